The minimum absolute atomic E-state index is 0.0345. The van der Waals surface area contributed by atoms with Crippen LogP contribution in [-0.2, 0) is 40.5 Å². The van der Waals surface area contributed by atoms with Crippen molar-refractivity contribution in [3.8, 4) is 5.75 Å². The van der Waals surface area contributed by atoms with Gasteiger partial charge < -0.3 is 10.1 Å². The lowest BCUT2D eigenvalue weighted by Gasteiger charge is -2.25. The van der Waals surface area contributed by atoms with Crippen molar-refractivity contribution in [2.75, 3.05) is 25.2 Å². The van der Waals surface area contributed by atoms with Gasteiger partial charge in [-0.05, 0) is 24.6 Å². The van der Waals surface area contributed by atoms with Crippen LogP contribution in [-0.4, -0.2) is 48.3 Å². The van der Waals surface area contributed by atoms with Gasteiger partial charge in [0.25, 0.3) is 0 Å². The summed E-state index contributed by atoms with van der Waals surface area (Å²) in [6, 6.07) is 4.51. The molecule has 3 rings (SSSR count). The predicted molar refractivity (Wildman–Crippen MR) is 103 cm³/mol. The smallest absolute Gasteiger partial charge is 0.435 e. The molecule has 8 nitrogen and oxygen atoms in total. The Morgan fingerprint density at radius 1 is 1.37 bits per heavy atom. The maximum Gasteiger partial charge on any atom is 0.435 e. The van der Waals surface area contributed by atoms with E-state index in [4.69, 9.17) is 16.3 Å². The second-order valence-corrected chi connectivity index (χ2v) is 9.09. The molecule has 0 atom stereocenters. The summed E-state index contributed by atoms with van der Waals surface area (Å²) in [5, 5.41) is 6.42. The first-order valence-electron chi connectivity index (χ1n) is 8.64. The number of amides is 1. The van der Waals surface area contributed by atoms with Crippen LogP contribution in [0.2, 0.25) is 5.02 Å². The van der Waals surface area contributed by atoms with Gasteiger partial charge in [-0.1, -0.05) is 11.6 Å². The lowest BCUT2D eigenvalue weighted by atomic mass is 10.1. The van der Waals surface area contributed by atoms with Crippen LogP contribution in [0.4, 0.5) is 18.9 Å². The van der Waals surface area contributed by atoms with Gasteiger partial charge in [-0.3, -0.25) is 9.48 Å². The number of fused-ring (bicyclic) bond motifs is 1. The zero-order valence-corrected chi connectivity index (χ0v) is 17.5. The zero-order chi connectivity index (χ0) is 22.3. The number of nitrogens with zero attached hydrogens (tertiary/aromatic N) is 3. The monoisotopic (exact) mass is 466 g/mol. The molecular weight excluding hydrogens is 449 g/mol. The van der Waals surface area contributed by atoms with Crippen LogP contribution in [0.15, 0.2) is 18.2 Å². The minimum atomic E-state index is -4.73. The van der Waals surface area contributed by atoms with Crippen LogP contribution in [0.5, 0.6) is 5.75 Å². The Morgan fingerprint density at radius 2 is 2.07 bits per heavy atom. The molecule has 2 aromatic rings. The highest BCUT2D eigenvalue weighted by Gasteiger charge is 2.41. The Morgan fingerprint density at radius 3 is 2.67 bits per heavy atom. The number of carbonyl (C=O) groups excluding carboxylic acids is 1. The molecule has 2 heterocycles. The number of alkyl halides is 3. The molecule has 13 heteroatoms. The van der Waals surface area contributed by atoms with Crippen LogP contribution in [0.3, 0.4) is 0 Å². The van der Waals surface area contributed by atoms with Gasteiger partial charge in [0, 0.05) is 17.1 Å². The number of hydrogen-bond acceptors (Lipinski definition) is 5. The average Bonchev–Trinajstić information content (AvgIpc) is 2.99. The predicted octanol–water partition coefficient (Wildman–Crippen LogP) is 2.52. The van der Waals surface area contributed by atoms with Gasteiger partial charge >= 0.3 is 6.18 Å². The Hall–Kier alpha value is -2.31. The molecule has 1 aliphatic rings. The number of benzene rings is 1. The van der Waals surface area contributed by atoms with Crippen molar-refractivity contribution in [2.24, 2.45) is 0 Å². The number of rotatable bonds is 5. The number of halogens is 4. The van der Waals surface area contributed by atoms with Crippen molar-refractivity contribution < 1.29 is 31.1 Å². The fraction of sp³-hybridized carbons (Fsp3) is 0.412. The molecule has 1 aromatic carbocycles. The SMILES string of the molecule is COc1ccc(Cl)cc1NC(=O)Cn1nc(C(F)(F)F)c2c1CN(S(C)(=O)=O)CC2. The summed E-state index contributed by atoms with van der Waals surface area (Å²) in [5.41, 5.74) is -0.939. The number of ether oxygens (including phenoxy) is 1. The minimum Gasteiger partial charge on any atom is -0.495 e. The van der Waals surface area contributed by atoms with Crippen molar-refractivity contribution in [1.82, 2.24) is 14.1 Å². The lowest BCUT2D eigenvalue weighted by Crippen LogP contribution is -2.36. The first-order chi connectivity index (χ1) is 13.9. The fourth-order valence-electron chi connectivity index (χ4n) is 3.20. The van der Waals surface area contributed by atoms with Gasteiger partial charge in [0.2, 0.25) is 15.9 Å². The zero-order valence-electron chi connectivity index (χ0n) is 16.0. The highest BCUT2D eigenvalue weighted by atomic mass is 35.5. The Labute approximate surface area is 175 Å². The van der Waals surface area contributed by atoms with E-state index in [1.807, 2.05) is 0 Å². The molecule has 0 unspecified atom stereocenters. The van der Waals surface area contributed by atoms with Crippen molar-refractivity contribution in [2.45, 2.75) is 25.7 Å². The van der Waals surface area contributed by atoms with Gasteiger partial charge in [-0.25, -0.2) is 8.42 Å². The Kier molecular flexibility index (Phi) is 6.03. The maximum atomic E-state index is 13.4. The summed E-state index contributed by atoms with van der Waals surface area (Å²) in [6.45, 7) is -0.941. The first kappa shape index (κ1) is 22.4. The van der Waals surface area contributed by atoms with Crippen LogP contribution in [0, 0.1) is 0 Å². The van der Waals surface area contributed by atoms with E-state index >= 15 is 0 Å². The fourth-order valence-corrected chi connectivity index (χ4v) is 4.15. The summed E-state index contributed by atoms with van der Waals surface area (Å²) in [4.78, 5) is 12.5. The summed E-state index contributed by atoms with van der Waals surface area (Å²) in [6.07, 6.45) is -3.91. The number of aromatic nitrogens is 2. The standard InChI is InChI=1S/C17H18ClF3N4O4S/c1-29-14-4-3-10(18)7-12(14)22-15(26)9-25-13-8-24(30(2,27)28)6-5-11(13)16(23-25)17(19,20)21/h3-4,7H,5-6,8-9H2,1-2H3,(H,22,26). The second-order valence-electron chi connectivity index (χ2n) is 6.67. The summed E-state index contributed by atoms with van der Waals surface area (Å²) in [7, 11) is -2.24. The summed E-state index contributed by atoms with van der Waals surface area (Å²) >= 11 is 5.91. The van der Waals surface area contributed by atoms with E-state index in [-0.39, 0.29) is 36.5 Å². The third kappa shape index (κ3) is 4.71. The largest absolute Gasteiger partial charge is 0.495 e. The van der Waals surface area contributed by atoms with Crippen LogP contribution >= 0.6 is 11.6 Å². The molecule has 0 fully saturated rings. The van der Waals surface area contributed by atoms with E-state index in [0.717, 1.165) is 15.2 Å². The molecule has 164 valence electrons. The number of hydrogen-bond donors (Lipinski definition) is 1. The van der Waals surface area contributed by atoms with Gasteiger partial charge in [0.15, 0.2) is 5.69 Å². The molecule has 0 spiro atoms. The van der Waals surface area contributed by atoms with E-state index in [1.54, 1.807) is 6.07 Å². The molecule has 0 aliphatic carbocycles. The van der Waals surface area contributed by atoms with E-state index in [9.17, 15) is 26.4 Å². The molecule has 1 aromatic heterocycles. The van der Waals surface area contributed by atoms with Crippen molar-refractivity contribution in [3.05, 3.63) is 40.2 Å². The molecule has 0 bridgehead atoms. The molecule has 1 amide bonds. The Bertz CT molecular complexity index is 1090. The molecule has 0 saturated carbocycles. The molecule has 1 aliphatic heterocycles. The molecule has 30 heavy (non-hydrogen) atoms. The highest BCUT2D eigenvalue weighted by molar-refractivity contribution is 7.88. The van der Waals surface area contributed by atoms with Gasteiger partial charge in [-0.15, -0.1) is 0 Å². The van der Waals surface area contributed by atoms with Gasteiger partial charge in [0.05, 0.1) is 31.3 Å². The number of nitrogens with one attached hydrogen (secondary N) is 1. The van der Waals surface area contributed by atoms with E-state index in [0.29, 0.717) is 10.8 Å². The topological polar surface area (TPSA) is 93.5 Å². The van der Waals surface area contributed by atoms with Crippen molar-refractivity contribution in [3.63, 3.8) is 0 Å². The van der Waals surface area contributed by atoms with Gasteiger partial charge in [0.1, 0.15) is 12.3 Å². The normalized spacial score (nSPS) is 15.0. The van der Waals surface area contributed by atoms with Crippen LogP contribution in [0.25, 0.3) is 0 Å². The van der Waals surface area contributed by atoms with E-state index < -0.39 is 34.3 Å². The molecule has 1 N–H and O–H groups in total. The number of sulfonamides is 1. The second kappa shape index (κ2) is 8.08. The van der Waals surface area contributed by atoms with Crippen molar-refractivity contribution >= 4 is 33.2 Å². The Balaban J connectivity index is 1.92. The summed E-state index contributed by atoms with van der Waals surface area (Å²) < 4.78 is 71.0. The van der Waals surface area contributed by atoms with Crippen LogP contribution < -0.4 is 10.1 Å². The maximum absolute atomic E-state index is 13.4. The summed E-state index contributed by atoms with van der Waals surface area (Å²) in [5.74, 6) is -0.361. The number of anilines is 1. The third-order valence-electron chi connectivity index (χ3n) is 4.57. The lowest BCUT2D eigenvalue weighted by molar-refractivity contribution is -0.142. The highest BCUT2D eigenvalue weighted by Crippen LogP contribution is 2.35. The third-order valence-corrected chi connectivity index (χ3v) is 6.06. The average molecular weight is 467 g/mol. The first-order valence-corrected chi connectivity index (χ1v) is 10.9. The van der Waals surface area contributed by atoms with E-state index in [2.05, 4.69) is 10.4 Å². The van der Waals surface area contributed by atoms with Crippen molar-refractivity contribution in [1.29, 1.82) is 0 Å². The molecule has 0 radical (unpaired) electrons. The van der Waals surface area contributed by atoms with Gasteiger partial charge in [-0.2, -0.15) is 22.6 Å². The molecule has 0 saturated heterocycles. The number of methoxy groups -OCH3 is 1. The number of carbonyl (C=O) groups is 1. The van der Waals surface area contributed by atoms with Crippen LogP contribution in [0.1, 0.15) is 17.0 Å². The van der Waals surface area contributed by atoms with E-state index in [1.165, 1.54) is 19.2 Å². The molecular formula is C17H18ClF3N4O4S. The quantitative estimate of drug-likeness (QED) is 0.731.